The molecular weight excluding hydrogens is 590 g/mol. The van der Waals surface area contributed by atoms with E-state index in [4.69, 9.17) is 0 Å². The van der Waals surface area contributed by atoms with E-state index in [0.717, 1.165) is 25.1 Å². The van der Waals surface area contributed by atoms with E-state index in [1.54, 1.807) is 23.8 Å². The summed E-state index contributed by atoms with van der Waals surface area (Å²) < 4.78 is 56.5. The molecule has 1 saturated carbocycles. The van der Waals surface area contributed by atoms with Gasteiger partial charge in [-0.3, -0.25) is 19.4 Å². The van der Waals surface area contributed by atoms with Crippen molar-refractivity contribution in [2.45, 2.75) is 71.3 Å². The molecule has 12 heteroatoms. The molecule has 0 unspecified atom stereocenters. The minimum Gasteiger partial charge on any atom is -0.339 e. The van der Waals surface area contributed by atoms with Gasteiger partial charge in [0.25, 0.3) is 5.91 Å². The number of carbonyl (C=O) groups excluding carboxylic acids is 3. The number of pyridine rings is 1. The van der Waals surface area contributed by atoms with Crippen molar-refractivity contribution in [3.05, 3.63) is 59.3 Å². The number of nitrogens with zero attached hydrogens (tertiary/aromatic N) is 4. The molecule has 3 aliphatic rings. The largest absolute Gasteiger partial charge is 0.406 e. The van der Waals surface area contributed by atoms with Crippen LogP contribution in [0, 0.1) is 30.5 Å². The van der Waals surface area contributed by atoms with Crippen molar-refractivity contribution >= 4 is 28.5 Å². The lowest BCUT2D eigenvalue weighted by Gasteiger charge is -2.38. The van der Waals surface area contributed by atoms with E-state index in [2.05, 4.69) is 10.3 Å². The highest BCUT2D eigenvalue weighted by molar-refractivity contribution is 6.11. The van der Waals surface area contributed by atoms with Crippen LogP contribution in [0.4, 0.5) is 17.6 Å². The van der Waals surface area contributed by atoms with Crippen LogP contribution in [-0.2, 0) is 4.79 Å². The van der Waals surface area contributed by atoms with Crippen LogP contribution < -0.4 is 5.32 Å². The predicted octanol–water partition coefficient (Wildman–Crippen LogP) is 5.30. The van der Waals surface area contributed by atoms with Gasteiger partial charge in [-0.15, -0.1) is 0 Å². The highest BCUT2D eigenvalue weighted by Crippen LogP contribution is 2.46. The van der Waals surface area contributed by atoms with Gasteiger partial charge in [0.2, 0.25) is 5.91 Å². The number of piperidine rings is 2. The summed E-state index contributed by atoms with van der Waals surface area (Å²) in [7, 11) is 0. The summed E-state index contributed by atoms with van der Waals surface area (Å²) in [4.78, 5) is 47.9. The quantitative estimate of drug-likeness (QED) is 0.284. The highest BCUT2D eigenvalue weighted by atomic mass is 19.4. The number of Topliss-reactive ketones (excluding diaryl/α,β-unsaturated/α-hetero) is 1. The Hall–Kier alpha value is -3.80. The van der Waals surface area contributed by atoms with Gasteiger partial charge < -0.3 is 19.7 Å². The maximum atomic E-state index is 14.6. The molecule has 0 radical (unpaired) electrons. The van der Waals surface area contributed by atoms with Crippen LogP contribution in [0.2, 0.25) is 0 Å². The van der Waals surface area contributed by atoms with Crippen molar-refractivity contribution in [1.29, 1.82) is 0 Å². The van der Waals surface area contributed by atoms with Gasteiger partial charge in [0, 0.05) is 47.4 Å². The second-order valence-electron chi connectivity index (χ2n) is 13.0. The molecule has 1 N–H and O–H groups in total. The number of nitrogens with one attached hydrogen (secondary N) is 1. The minimum absolute atomic E-state index is 0.103. The van der Waals surface area contributed by atoms with E-state index in [-0.39, 0.29) is 40.9 Å². The second-order valence-corrected chi connectivity index (χ2v) is 13.0. The molecule has 45 heavy (non-hydrogen) atoms. The van der Waals surface area contributed by atoms with Gasteiger partial charge in [-0.2, -0.15) is 13.2 Å². The maximum Gasteiger partial charge on any atom is 0.406 e. The fraction of sp³-hybridized carbons (Fsp3) is 0.515. The first-order chi connectivity index (χ1) is 21.3. The topological polar surface area (TPSA) is 87.5 Å². The average Bonchev–Trinajstić information content (AvgIpc) is 3.54. The lowest BCUT2D eigenvalue weighted by Crippen LogP contribution is -2.52. The first kappa shape index (κ1) is 31.2. The molecule has 3 aromatic rings. The van der Waals surface area contributed by atoms with Crippen molar-refractivity contribution in [3.63, 3.8) is 0 Å². The van der Waals surface area contributed by atoms with Gasteiger partial charge in [-0.05, 0) is 89.6 Å². The van der Waals surface area contributed by atoms with Crippen molar-refractivity contribution in [2.24, 2.45) is 17.8 Å². The van der Waals surface area contributed by atoms with Crippen LogP contribution in [0.1, 0.15) is 66.4 Å². The maximum absolute atomic E-state index is 14.6. The lowest BCUT2D eigenvalue weighted by molar-refractivity contribution is -0.143. The molecule has 8 nitrogen and oxygen atoms in total. The fourth-order valence-electron chi connectivity index (χ4n) is 7.33. The molecule has 2 aliphatic heterocycles. The van der Waals surface area contributed by atoms with E-state index in [9.17, 15) is 31.9 Å². The monoisotopic (exact) mass is 627 g/mol. The SMILES string of the molecule is Cc1c(C(=O)[C@@H]2CCN(C(=O)[C@H]3NC[C@@H]4C[C@@H]43)[C@@H](C)C2)c2ccncc2n1-c1ccc(F)cc1C(=O)N(CC(F)(F)F)C(C)C. The number of ketones is 1. The van der Waals surface area contributed by atoms with E-state index >= 15 is 0 Å². The summed E-state index contributed by atoms with van der Waals surface area (Å²) in [5.74, 6) is -1.12. The molecule has 0 spiro atoms. The number of halogens is 4. The molecule has 1 aliphatic carbocycles. The summed E-state index contributed by atoms with van der Waals surface area (Å²) in [6.45, 7) is 6.45. The predicted molar refractivity (Wildman–Crippen MR) is 160 cm³/mol. The number of fused-ring (bicyclic) bond motifs is 2. The smallest absolute Gasteiger partial charge is 0.339 e. The average molecular weight is 628 g/mol. The number of carbonyl (C=O) groups is 3. The van der Waals surface area contributed by atoms with E-state index in [1.165, 1.54) is 26.1 Å². The van der Waals surface area contributed by atoms with Gasteiger partial charge in [0.1, 0.15) is 12.4 Å². The highest BCUT2D eigenvalue weighted by Gasteiger charge is 2.52. The van der Waals surface area contributed by atoms with Crippen molar-refractivity contribution in [3.8, 4) is 5.69 Å². The van der Waals surface area contributed by atoms with Crippen molar-refractivity contribution in [2.75, 3.05) is 19.6 Å². The molecular formula is C33H37F4N5O3. The summed E-state index contributed by atoms with van der Waals surface area (Å²) in [6, 6.07) is 4.02. The van der Waals surface area contributed by atoms with Crippen LogP contribution in [0.25, 0.3) is 16.6 Å². The molecule has 2 amide bonds. The third-order valence-electron chi connectivity index (χ3n) is 9.72. The standard InChI is InChI=1S/C33H37F4N5O3/c1-17(2)41(16-33(35,36)37)31(44)25-13-22(34)5-6-26(25)42-19(4)28(23-7-9-38-15-27(23)42)30(43)20-8-10-40(18(3)11-20)32(45)29-24-12-21(24)14-39-29/h5-7,9,13,15,17-18,20-21,24,29,39H,8,10-12,14,16H2,1-4H3/t18-,20+,21-,24-,29-/m0/s1. The van der Waals surface area contributed by atoms with Crippen LogP contribution in [0.3, 0.4) is 0 Å². The normalized spacial score (nSPS) is 24.6. The Morgan fingerprint density at radius 2 is 1.91 bits per heavy atom. The molecule has 240 valence electrons. The van der Waals surface area contributed by atoms with Crippen LogP contribution in [0.15, 0.2) is 36.7 Å². The molecule has 4 heterocycles. The third-order valence-corrected chi connectivity index (χ3v) is 9.72. The number of amides is 2. The van der Waals surface area contributed by atoms with E-state index in [1.807, 2.05) is 11.8 Å². The minimum atomic E-state index is -4.65. The Morgan fingerprint density at radius 3 is 2.53 bits per heavy atom. The van der Waals surface area contributed by atoms with Gasteiger partial charge in [-0.1, -0.05) is 0 Å². The van der Waals surface area contributed by atoms with Crippen LogP contribution >= 0.6 is 0 Å². The molecule has 0 bridgehead atoms. The van der Waals surface area contributed by atoms with Crippen LogP contribution in [0.5, 0.6) is 0 Å². The molecule has 2 aromatic heterocycles. The van der Waals surface area contributed by atoms with Gasteiger partial charge in [0.05, 0.1) is 29.0 Å². The first-order valence-electron chi connectivity index (χ1n) is 15.5. The third kappa shape index (κ3) is 5.73. The Labute approximate surface area is 258 Å². The van der Waals surface area contributed by atoms with Crippen LogP contribution in [-0.4, -0.2) is 80.9 Å². The Morgan fingerprint density at radius 1 is 1.16 bits per heavy atom. The zero-order valence-electron chi connectivity index (χ0n) is 25.7. The number of likely N-dealkylation sites (tertiary alicyclic amines) is 1. The first-order valence-corrected chi connectivity index (χ1v) is 15.5. The van der Waals surface area contributed by atoms with Gasteiger partial charge >= 0.3 is 6.18 Å². The van der Waals surface area contributed by atoms with Crippen molar-refractivity contribution < 1.29 is 31.9 Å². The Kier molecular flexibility index (Phi) is 7.99. The number of alkyl halides is 3. The zero-order valence-corrected chi connectivity index (χ0v) is 25.7. The molecule has 2 saturated heterocycles. The van der Waals surface area contributed by atoms with Crippen molar-refractivity contribution in [1.82, 2.24) is 24.7 Å². The molecule has 5 atom stereocenters. The summed E-state index contributed by atoms with van der Waals surface area (Å²) in [5.41, 5.74) is 1.26. The fourth-order valence-corrected chi connectivity index (χ4v) is 7.33. The molecule has 1 aromatic carbocycles. The van der Waals surface area contributed by atoms with E-state index in [0.29, 0.717) is 58.3 Å². The number of hydrogen-bond acceptors (Lipinski definition) is 5. The van der Waals surface area contributed by atoms with Gasteiger partial charge in [0.15, 0.2) is 5.78 Å². The molecule has 3 fully saturated rings. The number of benzene rings is 1. The Bertz CT molecular complexity index is 1670. The summed E-state index contributed by atoms with van der Waals surface area (Å²) in [6.07, 6.45) is 0.490. The number of aromatic nitrogens is 2. The summed E-state index contributed by atoms with van der Waals surface area (Å²) in [5, 5.41) is 3.92. The molecule has 6 rings (SSSR count). The Balaban J connectivity index is 1.34. The number of rotatable bonds is 7. The zero-order chi connectivity index (χ0) is 32.4. The second kappa shape index (κ2) is 11.5. The van der Waals surface area contributed by atoms with E-state index < -0.39 is 30.5 Å². The number of hydrogen-bond donors (Lipinski definition) is 1. The summed E-state index contributed by atoms with van der Waals surface area (Å²) >= 11 is 0. The van der Waals surface area contributed by atoms with Gasteiger partial charge in [-0.25, -0.2) is 4.39 Å². The lowest BCUT2D eigenvalue weighted by atomic mass is 9.84.